The Morgan fingerprint density at radius 3 is 3.00 bits per heavy atom. The van der Waals surface area contributed by atoms with Gasteiger partial charge in [-0.05, 0) is 18.2 Å². The van der Waals surface area contributed by atoms with Crippen molar-refractivity contribution in [1.82, 2.24) is 0 Å². The molecule has 1 aromatic heterocycles. The zero-order valence-corrected chi connectivity index (χ0v) is 8.52. The average molecular weight is 246 g/mol. The third kappa shape index (κ3) is 1.25. The lowest BCUT2D eigenvalue weighted by Crippen LogP contribution is -1.71. The fourth-order valence-corrected chi connectivity index (χ4v) is 1.76. The van der Waals surface area contributed by atoms with Crippen LogP contribution in [0.5, 0.6) is 0 Å². The highest BCUT2D eigenvalue weighted by atomic mass is 79.9. The van der Waals surface area contributed by atoms with E-state index in [9.17, 15) is 0 Å². The Kier molecular flexibility index (Phi) is 2.11. The van der Waals surface area contributed by atoms with E-state index < -0.39 is 0 Å². The van der Waals surface area contributed by atoms with Crippen molar-refractivity contribution in [3.8, 4) is 0 Å². The first-order valence-electron chi connectivity index (χ1n) is 3.53. The molecule has 1 nitrogen and oxygen atoms in total. The van der Waals surface area contributed by atoms with Crippen LogP contribution in [0, 0.1) is 0 Å². The number of rotatable bonds is 1. The van der Waals surface area contributed by atoms with E-state index in [1.54, 1.807) is 6.26 Å². The van der Waals surface area contributed by atoms with Crippen molar-refractivity contribution in [2.45, 2.75) is 5.33 Å². The summed E-state index contributed by atoms with van der Waals surface area (Å²) in [6, 6.07) is 5.66. The van der Waals surface area contributed by atoms with Crippen LogP contribution in [-0.4, -0.2) is 0 Å². The number of furan rings is 1. The highest BCUT2D eigenvalue weighted by molar-refractivity contribution is 9.08. The van der Waals surface area contributed by atoms with Gasteiger partial charge in [0.2, 0.25) is 0 Å². The molecule has 0 spiro atoms. The van der Waals surface area contributed by atoms with Gasteiger partial charge in [0.25, 0.3) is 0 Å². The molecule has 3 heteroatoms. The van der Waals surface area contributed by atoms with E-state index in [4.69, 9.17) is 16.0 Å². The van der Waals surface area contributed by atoms with Gasteiger partial charge >= 0.3 is 0 Å². The Labute approximate surface area is 83.4 Å². The van der Waals surface area contributed by atoms with E-state index in [2.05, 4.69) is 15.9 Å². The van der Waals surface area contributed by atoms with Crippen LogP contribution in [0.25, 0.3) is 11.0 Å². The second kappa shape index (κ2) is 3.11. The molecule has 12 heavy (non-hydrogen) atoms. The van der Waals surface area contributed by atoms with Crippen LogP contribution in [0.15, 0.2) is 28.9 Å². The third-order valence-corrected chi connectivity index (χ3v) is 2.60. The number of benzene rings is 1. The van der Waals surface area contributed by atoms with Crippen molar-refractivity contribution < 1.29 is 4.42 Å². The number of halogens is 2. The fourth-order valence-electron chi connectivity index (χ4n) is 1.16. The van der Waals surface area contributed by atoms with Gasteiger partial charge in [0.15, 0.2) is 0 Å². The van der Waals surface area contributed by atoms with Crippen LogP contribution in [0.1, 0.15) is 5.56 Å². The van der Waals surface area contributed by atoms with Gasteiger partial charge in [-0.25, -0.2) is 0 Å². The molecule has 0 amide bonds. The van der Waals surface area contributed by atoms with Crippen LogP contribution in [0.3, 0.4) is 0 Å². The van der Waals surface area contributed by atoms with E-state index in [1.165, 1.54) is 0 Å². The Morgan fingerprint density at radius 1 is 1.42 bits per heavy atom. The summed E-state index contributed by atoms with van der Waals surface area (Å²) in [4.78, 5) is 0. The van der Waals surface area contributed by atoms with Gasteiger partial charge in [0.1, 0.15) is 5.58 Å². The molecule has 1 aromatic carbocycles. The molecule has 0 fully saturated rings. The van der Waals surface area contributed by atoms with Crippen molar-refractivity contribution in [2.75, 3.05) is 0 Å². The van der Waals surface area contributed by atoms with Gasteiger partial charge in [0.05, 0.1) is 6.26 Å². The molecule has 62 valence electrons. The molecule has 1 heterocycles. The monoisotopic (exact) mass is 244 g/mol. The molecule has 0 aliphatic carbocycles. The molecule has 0 atom stereocenters. The standard InChI is InChI=1S/C9H6BrClO/c10-4-6-5-12-9-3-7(11)1-2-8(6)9/h1-3,5H,4H2. The maximum absolute atomic E-state index is 5.80. The van der Waals surface area contributed by atoms with E-state index in [1.807, 2.05) is 18.2 Å². The van der Waals surface area contributed by atoms with E-state index in [-0.39, 0.29) is 0 Å². The topological polar surface area (TPSA) is 13.1 Å². The minimum absolute atomic E-state index is 0.706. The maximum atomic E-state index is 5.80. The van der Waals surface area contributed by atoms with Gasteiger partial charge in [-0.1, -0.05) is 27.5 Å². The van der Waals surface area contributed by atoms with Gasteiger partial charge in [0, 0.05) is 21.3 Å². The van der Waals surface area contributed by atoms with Gasteiger partial charge < -0.3 is 4.42 Å². The van der Waals surface area contributed by atoms with Crippen molar-refractivity contribution in [3.63, 3.8) is 0 Å². The molecule has 0 radical (unpaired) electrons. The summed E-state index contributed by atoms with van der Waals surface area (Å²) in [5.41, 5.74) is 2.00. The lowest BCUT2D eigenvalue weighted by Gasteiger charge is -1.90. The van der Waals surface area contributed by atoms with Gasteiger partial charge in [-0.3, -0.25) is 0 Å². The molecule has 2 rings (SSSR count). The highest BCUT2D eigenvalue weighted by Gasteiger charge is 2.03. The predicted octanol–water partition coefficient (Wildman–Crippen LogP) is 3.98. The Hall–Kier alpha value is -0.470. The Morgan fingerprint density at radius 2 is 2.25 bits per heavy atom. The molecule has 0 saturated heterocycles. The van der Waals surface area contributed by atoms with Crippen molar-refractivity contribution in [2.24, 2.45) is 0 Å². The quantitative estimate of drug-likeness (QED) is 0.693. The van der Waals surface area contributed by atoms with E-state index >= 15 is 0 Å². The second-order valence-electron chi connectivity index (χ2n) is 2.54. The number of alkyl halides is 1. The van der Waals surface area contributed by atoms with Gasteiger partial charge in [-0.2, -0.15) is 0 Å². The zero-order valence-electron chi connectivity index (χ0n) is 6.18. The van der Waals surface area contributed by atoms with Crippen molar-refractivity contribution >= 4 is 38.5 Å². The molecule has 0 aliphatic rings. The summed E-state index contributed by atoms with van der Waals surface area (Å²) in [6.07, 6.45) is 1.75. The molecular formula is C9H6BrClO. The zero-order chi connectivity index (χ0) is 8.55. The Balaban J connectivity index is 2.73. The summed E-state index contributed by atoms with van der Waals surface area (Å²) in [7, 11) is 0. The Bertz CT molecular complexity index is 408. The molecule has 0 bridgehead atoms. The number of hydrogen-bond donors (Lipinski definition) is 0. The summed E-state index contributed by atoms with van der Waals surface area (Å²) in [5.74, 6) is 0. The second-order valence-corrected chi connectivity index (χ2v) is 3.53. The molecule has 0 N–H and O–H groups in total. The van der Waals surface area contributed by atoms with Crippen LogP contribution >= 0.6 is 27.5 Å². The van der Waals surface area contributed by atoms with Crippen molar-refractivity contribution in [1.29, 1.82) is 0 Å². The molecule has 0 unspecified atom stereocenters. The van der Waals surface area contributed by atoms with Crippen LogP contribution in [-0.2, 0) is 5.33 Å². The van der Waals surface area contributed by atoms with Crippen LogP contribution < -0.4 is 0 Å². The van der Waals surface area contributed by atoms with E-state index in [0.29, 0.717) is 5.02 Å². The third-order valence-electron chi connectivity index (χ3n) is 1.76. The first-order valence-corrected chi connectivity index (χ1v) is 5.03. The summed E-state index contributed by atoms with van der Waals surface area (Å²) in [5, 5.41) is 2.64. The van der Waals surface area contributed by atoms with Crippen LogP contribution in [0.4, 0.5) is 0 Å². The summed E-state index contributed by atoms with van der Waals surface area (Å²) >= 11 is 9.18. The summed E-state index contributed by atoms with van der Waals surface area (Å²) < 4.78 is 5.31. The summed E-state index contributed by atoms with van der Waals surface area (Å²) in [6.45, 7) is 0. The first kappa shape index (κ1) is 8.14. The fraction of sp³-hybridized carbons (Fsp3) is 0.111. The highest BCUT2D eigenvalue weighted by Crippen LogP contribution is 2.25. The predicted molar refractivity (Wildman–Crippen MR) is 53.9 cm³/mol. The number of fused-ring (bicyclic) bond motifs is 1. The molecular weight excluding hydrogens is 239 g/mol. The van der Waals surface area contributed by atoms with Crippen molar-refractivity contribution in [3.05, 3.63) is 35.0 Å². The first-order chi connectivity index (χ1) is 5.81. The molecule has 2 aromatic rings. The lowest BCUT2D eigenvalue weighted by molar-refractivity contribution is 0.613. The smallest absolute Gasteiger partial charge is 0.135 e. The molecule has 0 saturated carbocycles. The molecule has 0 aliphatic heterocycles. The SMILES string of the molecule is Clc1ccc2c(CBr)coc2c1. The largest absolute Gasteiger partial charge is 0.464 e. The van der Waals surface area contributed by atoms with E-state index in [0.717, 1.165) is 21.9 Å². The average Bonchev–Trinajstić information content (AvgIpc) is 2.46. The minimum atomic E-state index is 0.706. The van der Waals surface area contributed by atoms with Crippen LogP contribution in [0.2, 0.25) is 5.02 Å². The minimum Gasteiger partial charge on any atom is -0.464 e. The number of hydrogen-bond acceptors (Lipinski definition) is 1. The van der Waals surface area contributed by atoms with Gasteiger partial charge in [-0.15, -0.1) is 0 Å². The lowest BCUT2D eigenvalue weighted by atomic mass is 10.2. The normalized spacial score (nSPS) is 10.8. The maximum Gasteiger partial charge on any atom is 0.135 e.